The van der Waals surface area contributed by atoms with Gasteiger partial charge < -0.3 is 0 Å². The fourth-order valence-electron chi connectivity index (χ4n) is 1.37. The molecule has 0 fully saturated rings. The Labute approximate surface area is 109 Å². The Morgan fingerprint density at radius 2 is 2.18 bits per heavy atom. The van der Waals surface area contributed by atoms with E-state index in [4.69, 9.17) is 16.9 Å². The molecule has 0 aliphatic rings. The molecule has 0 saturated carbocycles. The van der Waals surface area contributed by atoms with E-state index in [0.29, 0.717) is 15.6 Å². The molecule has 0 saturated heterocycles. The fourth-order valence-corrected chi connectivity index (χ4v) is 2.57. The number of aromatic nitrogens is 1. The van der Waals surface area contributed by atoms with Crippen LogP contribution in [0.4, 0.5) is 0 Å². The van der Waals surface area contributed by atoms with Crippen LogP contribution in [0.5, 0.6) is 0 Å². The third kappa shape index (κ3) is 2.79. The first-order valence-corrected chi connectivity index (χ1v) is 6.19. The SMILES string of the molecule is Cc1cccc(Sc2nccc(C#N)c2Cl)c1. The number of nitriles is 1. The third-order valence-electron chi connectivity index (χ3n) is 2.18. The molecule has 2 aromatic rings. The van der Waals surface area contributed by atoms with E-state index in [0.717, 1.165) is 4.90 Å². The number of halogens is 1. The minimum atomic E-state index is 0.418. The maximum atomic E-state index is 8.88. The van der Waals surface area contributed by atoms with Crippen molar-refractivity contribution >= 4 is 23.4 Å². The number of pyridine rings is 1. The molecule has 1 aromatic heterocycles. The average Bonchev–Trinajstić information content (AvgIpc) is 2.32. The molecular formula is C13H9ClN2S. The summed E-state index contributed by atoms with van der Waals surface area (Å²) in [5.74, 6) is 0. The highest BCUT2D eigenvalue weighted by molar-refractivity contribution is 7.99. The van der Waals surface area contributed by atoms with Crippen LogP contribution in [0, 0.1) is 18.3 Å². The van der Waals surface area contributed by atoms with Crippen LogP contribution in [0.15, 0.2) is 46.5 Å². The van der Waals surface area contributed by atoms with E-state index >= 15 is 0 Å². The van der Waals surface area contributed by atoms with Crippen molar-refractivity contribution in [1.82, 2.24) is 4.98 Å². The van der Waals surface area contributed by atoms with Gasteiger partial charge in [0.1, 0.15) is 11.1 Å². The molecule has 2 nitrogen and oxygen atoms in total. The topological polar surface area (TPSA) is 36.7 Å². The van der Waals surface area contributed by atoms with E-state index < -0.39 is 0 Å². The van der Waals surface area contributed by atoms with E-state index in [2.05, 4.69) is 11.1 Å². The van der Waals surface area contributed by atoms with E-state index in [1.807, 2.05) is 31.2 Å². The molecule has 0 unspecified atom stereocenters. The van der Waals surface area contributed by atoms with Crippen molar-refractivity contribution in [1.29, 1.82) is 5.26 Å². The Bertz CT molecular complexity index is 590. The number of benzene rings is 1. The predicted molar refractivity (Wildman–Crippen MR) is 69.3 cm³/mol. The van der Waals surface area contributed by atoms with Crippen LogP contribution in [0.3, 0.4) is 0 Å². The van der Waals surface area contributed by atoms with Gasteiger partial charge in [0.05, 0.1) is 10.6 Å². The number of rotatable bonds is 2. The predicted octanol–water partition coefficient (Wildman–Crippen LogP) is 4.07. The molecule has 0 amide bonds. The van der Waals surface area contributed by atoms with Crippen LogP contribution >= 0.6 is 23.4 Å². The van der Waals surface area contributed by atoms with Gasteiger partial charge in [-0.05, 0) is 25.1 Å². The van der Waals surface area contributed by atoms with Crippen molar-refractivity contribution in [2.24, 2.45) is 0 Å². The summed E-state index contributed by atoms with van der Waals surface area (Å²) in [5.41, 5.74) is 1.64. The Hall–Kier alpha value is -1.50. The highest BCUT2D eigenvalue weighted by Crippen LogP contribution is 2.33. The molecule has 0 atom stereocenters. The minimum absolute atomic E-state index is 0.418. The van der Waals surface area contributed by atoms with Crippen LogP contribution in [0.25, 0.3) is 0 Å². The molecule has 17 heavy (non-hydrogen) atoms. The number of aryl methyl sites for hydroxylation is 1. The second kappa shape index (κ2) is 5.22. The molecule has 4 heteroatoms. The quantitative estimate of drug-likeness (QED) is 0.817. The Morgan fingerprint density at radius 1 is 1.35 bits per heavy atom. The molecule has 0 aliphatic carbocycles. The zero-order valence-electron chi connectivity index (χ0n) is 9.14. The molecule has 0 radical (unpaired) electrons. The lowest BCUT2D eigenvalue weighted by Gasteiger charge is -2.04. The van der Waals surface area contributed by atoms with E-state index in [9.17, 15) is 0 Å². The summed E-state index contributed by atoms with van der Waals surface area (Å²) in [4.78, 5) is 5.26. The van der Waals surface area contributed by atoms with Crippen molar-refractivity contribution in [2.45, 2.75) is 16.8 Å². The second-order valence-corrected chi connectivity index (χ2v) is 4.95. The maximum Gasteiger partial charge on any atom is 0.121 e. The molecule has 0 N–H and O–H groups in total. The monoisotopic (exact) mass is 260 g/mol. The highest BCUT2D eigenvalue weighted by Gasteiger charge is 2.08. The zero-order chi connectivity index (χ0) is 12.3. The van der Waals surface area contributed by atoms with Crippen LogP contribution in [-0.4, -0.2) is 4.98 Å². The first-order valence-electron chi connectivity index (χ1n) is 5.00. The molecular weight excluding hydrogens is 252 g/mol. The summed E-state index contributed by atoms with van der Waals surface area (Å²) in [7, 11) is 0. The van der Waals surface area contributed by atoms with Crippen molar-refractivity contribution in [2.75, 3.05) is 0 Å². The summed E-state index contributed by atoms with van der Waals surface area (Å²) in [6.07, 6.45) is 1.60. The first-order chi connectivity index (χ1) is 8.20. The summed E-state index contributed by atoms with van der Waals surface area (Å²) in [5, 5.41) is 9.96. The van der Waals surface area contributed by atoms with E-state index in [-0.39, 0.29) is 0 Å². The lowest BCUT2D eigenvalue weighted by Crippen LogP contribution is -1.86. The van der Waals surface area contributed by atoms with Crippen molar-refractivity contribution < 1.29 is 0 Å². The zero-order valence-corrected chi connectivity index (χ0v) is 10.7. The largest absolute Gasteiger partial charge is 0.248 e. The van der Waals surface area contributed by atoms with Gasteiger partial charge >= 0.3 is 0 Å². The lowest BCUT2D eigenvalue weighted by atomic mass is 10.2. The highest BCUT2D eigenvalue weighted by atomic mass is 35.5. The van der Waals surface area contributed by atoms with Gasteiger partial charge in [0.15, 0.2) is 0 Å². The van der Waals surface area contributed by atoms with E-state index in [1.54, 1.807) is 12.3 Å². The summed E-state index contributed by atoms with van der Waals surface area (Å²) in [6.45, 7) is 2.03. The van der Waals surface area contributed by atoms with Gasteiger partial charge in [-0.25, -0.2) is 4.98 Å². The van der Waals surface area contributed by atoms with Crippen molar-refractivity contribution in [3.8, 4) is 6.07 Å². The first kappa shape index (κ1) is 12.0. The van der Waals surface area contributed by atoms with Crippen molar-refractivity contribution in [3.05, 3.63) is 52.7 Å². The molecule has 0 aliphatic heterocycles. The van der Waals surface area contributed by atoms with Crippen molar-refractivity contribution in [3.63, 3.8) is 0 Å². The van der Waals surface area contributed by atoms with Gasteiger partial charge in [0.2, 0.25) is 0 Å². The normalized spacial score (nSPS) is 9.94. The molecule has 1 aromatic carbocycles. The second-order valence-electron chi connectivity index (χ2n) is 3.51. The Morgan fingerprint density at radius 3 is 2.88 bits per heavy atom. The smallest absolute Gasteiger partial charge is 0.121 e. The average molecular weight is 261 g/mol. The standard InChI is InChI=1S/C13H9ClN2S/c1-9-3-2-4-11(7-9)17-13-12(14)10(8-15)5-6-16-13/h2-7H,1H3. The number of hydrogen-bond acceptors (Lipinski definition) is 3. The van der Waals surface area contributed by atoms with Gasteiger partial charge in [-0.2, -0.15) is 5.26 Å². The molecule has 2 rings (SSSR count). The number of hydrogen-bond donors (Lipinski definition) is 0. The van der Waals surface area contributed by atoms with Gasteiger partial charge in [0, 0.05) is 11.1 Å². The summed E-state index contributed by atoms with van der Waals surface area (Å²) >= 11 is 7.56. The Kier molecular flexibility index (Phi) is 3.68. The molecule has 0 bridgehead atoms. The summed E-state index contributed by atoms with van der Waals surface area (Å²) < 4.78 is 0. The Balaban J connectivity index is 2.34. The minimum Gasteiger partial charge on any atom is -0.248 e. The van der Waals surface area contributed by atoms with Gasteiger partial charge in [0.25, 0.3) is 0 Å². The van der Waals surface area contributed by atoms with Crippen LogP contribution < -0.4 is 0 Å². The molecule has 1 heterocycles. The van der Waals surface area contributed by atoms with E-state index in [1.165, 1.54) is 17.3 Å². The van der Waals surface area contributed by atoms with Gasteiger partial charge in [-0.1, -0.05) is 41.1 Å². The van der Waals surface area contributed by atoms with Crippen LogP contribution in [0.2, 0.25) is 5.02 Å². The lowest BCUT2D eigenvalue weighted by molar-refractivity contribution is 1.12. The third-order valence-corrected chi connectivity index (χ3v) is 3.67. The summed E-state index contributed by atoms with van der Waals surface area (Å²) in [6, 6.07) is 11.7. The maximum absolute atomic E-state index is 8.88. The van der Waals surface area contributed by atoms with Crippen LogP contribution in [0.1, 0.15) is 11.1 Å². The van der Waals surface area contributed by atoms with Gasteiger partial charge in [-0.15, -0.1) is 0 Å². The van der Waals surface area contributed by atoms with Crippen LogP contribution in [-0.2, 0) is 0 Å². The molecule has 84 valence electrons. The number of nitrogens with zero attached hydrogens (tertiary/aromatic N) is 2. The molecule has 0 spiro atoms. The fraction of sp³-hybridized carbons (Fsp3) is 0.0769. The van der Waals surface area contributed by atoms with Gasteiger partial charge in [-0.3, -0.25) is 0 Å².